The van der Waals surface area contributed by atoms with Gasteiger partial charge < -0.3 is 19.4 Å². The van der Waals surface area contributed by atoms with Crippen LogP contribution in [0.15, 0.2) is 36.9 Å². The molecule has 1 amide bonds. The fourth-order valence-electron chi connectivity index (χ4n) is 6.55. The van der Waals surface area contributed by atoms with Gasteiger partial charge in [-0.1, -0.05) is 44.7 Å². The third-order valence-electron chi connectivity index (χ3n) is 9.02. The van der Waals surface area contributed by atoms with Gasteiger partial charge in [0.1, 0.15) is 12.4 Å². The van der Waals surface area contributed by atoms with Gasteiger partial charge in [0, 0.05) is 50.4 Å². The van der Waals surface area contributed by atoms with Crippen molar-refractivity contribution >= 4 is 11.7 Å². The number of aromatic nitrogens is 2. The van der Waals surface area contributed by atoms with E-state index in [1.54, 1.807) is 4.90 Å². The minimum Gasteiger partial charge on any atom is -0.462 e. The highest BCUT2D eigenvalue weighted by molar-refractivity contribution is 5.87. The zero-order valence-corrected chi connectivity index (χ0v) is 24.9. The first-order chi connectivity index (χ1) is 19.8. The van der Waals surface area contributed by atoms with Gasteiger partial charge in [-0.3, -0.25) is 9.69 Å². The van der Waals surface area contributed by atoms with Crippen molar-refractivity contribution in [3.8, 4) is 12.1 Å². The summed E-state index contributed by atoms with van der Waals surface area (Å²) in [4.78, 5) is 31.2. The predicted molar refractivity (Wildman–Crippen MR) is 160 cm³/mol. The highest BCUT2D eigenvalue weighted by atomic mass is 16.5. The zero-order valence-electron chi connectivity index (χ0n) is 24.9. The number of likely N-dealkylation sites (tertiary alicyclic amines) is 1. The van der Waals surface area contributed by atoms with Gasteiger partial charge in [0.2, 0.25) is 5.91 Å². The minimum absolute atomic E-state index is 0.133. The molecule has 2 aromatic rings. The van der Waals surface area contributed by atoms with E-state index in [2.05, 4.69) is 79.4 Å². The van der Waals surface area contributed by atoms with E-state index in [1.807, 2.05) is 0 Å². The molecule has 0 bridgehead atoms. The van der Waals surface area contributed by atoms with E-state index in [9.17, 15) is 10.1 Å². The first-order valence-electron chi connectivity index (χ1n) is 14.9. The van der Waals surface area contributed by atoms with Crippen molar-refractivity contribution in [2.45, 2.75) is 77.2 Å². The number of rotatable bonds is 9. The molecule has 3 aliphatic rings. The normalized spacial score (nSPS) is 22.0. The fraction of sp³-hybridized carbons (Fsp3) is 0.562. The van der Waals surface area contributed by atoms with E-state index >= 15 is 0 Å². The monoisotopic (exact) mass is 557 g/mol. The fourth-order valence-corrected chi connectivity index (χ4v) is 6.55. The van der Waals surface area contributed by atoms with Crippen LogP contribution in [-0.2, 0) is 17.9 Å². The van der Waals surface area contributed by atoms with Gasteiger partial charge in [-0.2, -0.15) is 15.2 Å². The van der Waals surface area contributed by atoms with E-state index in [4.69, 9.17) is 14.7 Å². The van der Waals surface area contributed by atoms with Crippen molar-refractivity contribution in [2.75, 3.05) is 44.7 Å². The lowest BCUT2D eigenvalue weighted by Gasteiger charge is -2.41. The van der Waals surface area contributed by atoms with Crippen LogP contribution in [0.1, 0.15) is 74.4 Å². The van der Waals surface area contributed by atoms with Gasteiger partial charge in [0.05, 0.1) is 24.2 Å². The summed E-state index contributed by atoms with van der Waals surface area (Å²) < 4.78 is 6.26. The van der Waals surface area contributed by atoms with Crippen molar-refractivity contribution in [3.05, 3.63) is 59.3 Å². The van der Waals surface area contributed by atoms with Crippen LogP contribution in [0.25, 0.3) is 0 Å². The first kappa shape index (κ1) is 29.0. The Hall–Kier alpha value is -3.48. The maximum Gasteiger partial charge on any atom is 0.318 e. The second kappa shape index (κ2) is 12.6. The molecule has 41 heavy (non-hydrogen) atoms. The summed E-state index contributed by atoms with van der Waals surface area (Å²) in [6.07, 6.45) is 3.89. The number of benzene rings is 1. The second-order valence-corrected chi connectivity index (χ2v) is 11.9. The topological polar surface area (TPSA) is 88.8 Å². The van der Waals surface area contributed by atoms with Crippen LogP contribution in [0.5, 0.6) is 6.01 Å². The lowest BCUT2D eigenvalue weighted by atomic mass is 9.93. The van der Waals surface area contributed by atoms with Crippen LogP contribution >= 0.6 is 0 Å². The largest absolute Gasteiger partial charge is 0.462 e. The number of carbonyl (C=O) groups is 1. The SMILES string of the molecule is C=CC(=O)N1CCN(c2nc(OC[C@@H]3CCCN3C)nc3c2CN(C(C)c2ccccc2C(C)C)C3)C[C@@H]1CC#N. The van der Waals surface area contributed by atoms with Crippen molar-refractivity contribution in [2.24, 2.45) is 0 Å². The summed E-state index contributed by atoms with van der Waals surface area (Å²) in [6, 6.07) is 11.7. The molecule has 1 aromatic heterocycles. The molecule has 0 radical (unpaired) electrons. The van der Waals surface area contributed by atoms with Gasteiger partial charge >= 0.3 is 6.01 Å². The Balaban J connectivity index is 1.44. The number of nitrogens with zero attached hydrogens (tertiary/aromatic N) is 7. The third-order valence-corrected chi connectivity index (χ3v) is 9.02. The number of piperazine rings is 1. The first-order valence-corrected chi connectivity index (χ1v) is 14.9. The van der Waals surface area contributed by atoms with Crippen molar-refractivity contribution in [3.63, 3.8) is 0 Å². The number of fused-ring (bicyclic) bond motifs is 1. The number of likely N-dealkylation sites (N-methyl/N-ethyl adjacent to an activating group) is 1. The number of hydrogen-bond donors (Lipinski definition) is 0. The smallest absolute Gasteiger partial charge is 0.318 e. The van der Waals surface area contributed by atoms with E-state index in [1.165, 1.54) is 23.6 Å². The molecular weight excluding hydrogens is 514 g/mol. The van der Waals surface area contributed by atoms with E-state index < -0.39 is 0 Å². The molecule has 3 atom stereocenters. The molecule has 0 saturated carbocycles. The number of nitriles is 1. The van der Waals surface area contributed by atoms with Gasteiger partial charge in [0.25, 0.3) is 0 Å². The van der Waals surface area contributed by atoms with Gasteiger partial charge in [0.15, 0.2) is 0 Å². The van der Waals surface area contributed by atoms with E-state index in [0.29, 0.717) is 50.8 Å². The molecule has 5 rings (SSSR count). The molecule has 0 N–H and O–H groups in total. The summed E-state index contributed by atoms with van der Waals surface area (Å²) in [5, 5.41) is 9.52. The maximum atomic E-state index is 12.5. The Kier molecular flexibility index (Phi) is 8.91. The zero-order chi connectivity index (χ0) is 29.1. The standard InChI is InChI=1S/C32H43N7O2/c1-6-30(40)39-17-16-37(18-24(39)13-14-33)31-28-19-38(23(4)27-12-8-7-11-26(27)22(2)3)20-29(28)34-32(35-31)41-21-25-10-9-15-36(25)5/h6-8,11-12,22-25H,1,9-10,13,15-21H2,2-5H3/t23?,24-,25-/m0/s1. The van der Waals surface area contributed by atoms with Gasteiger partial charge in [-0.15, -0.1) is 0 Å². The number of hydrogen-bond acceptors (Lipinski definition) is 8. The molecule has 4 heterocycles. The van der Waals surface area contributed by atoms with Crippen LogP contribution in [0.2, 0.25) is 0 Å². The molecule has 9 nitrogen and oxygen atoms in total. The quantitative estimate of drug-likeness (QED) is 0.423. The summed E-state index contributed by atoms with van der Waals surface area (Å²) in [5.41, 5.74) is 4.83. The van der Waals surface area contributed by atoms with Crippen molar-refractivity contribution in [1.82, 2.24) is 24.7 Å². The number of amides is 1. The highest BCUT2D eigenvalue weighted by Gasteiger charge is 2.36. The molecule has 2 fully saturated rings. The lowest BCUT2D eigenvalue weighted by Crippen LogP contribution is -2.55. The average Bonchev–Trinajstić information content (AvgIpc) is 3.60. The maximum absolute atomic E-state index is 12.5. The third kappa shape index (κ3) is 6.09. The minimum atomic E-state index is -0.226. The highest BCUT2D eigenvalue weighted by Crippen LogP contribution is 2.38. The second-order valence-electron chi connectivity index (χ2n) is 11.9. The molecule has 2 saturated heterocycles. The van der Waals surface area contributed by atoms with Crippen LogP contribution in [0, 0.1) is 11.3 Å². The molecule has 1 unspecified atom stereocenters. The molecule has 1 aromatic carbocycles. The molecule has 9 heteroatoms. The van der Waals surface area contributed by atoms with E-state index in [-0.39, 0.29) is 24.4 Å². The van der Waals surface area contributed by atoms with E-state index in [0.717, 1.165) is 36.6 Å². The Morgan fingerprint density at radius 2 is 1.93 bits per heavy atom. The van der Waals surface area contributed by atoms with Crippen LogP contribution in [-0.4, -0.2) is 82.5 Å². The molecule has 0 spiro atoms. The Morgan fingerprint density at radius 3 is 2.61 bits per heavy atom. The van der Waals surface area contributed by atoms with Crippen LogP contribution < -0.4 is 9.64 Å². The molecule has 218 valence electrons. The summed E-state index contributed by atoms with van der Waals surface area (Å²) >= 11 is 0. The Bertz CT molecular complexity index is 1310. The average molecular weight is 558 g/mol. The molecule has 0 aliphatic carbocycles. The van der Waals surface area contributed by atoms with Gasteiger partial charge in [-0.05, 0) is 56.5 Å². The summed E-state index contributed by atoms with van der Waals surface area (Å²) in [5.74, 6) is 1.17. The molecule has 3 aliphatic heterocycles. The summed E-state index contributed by atoms with van der Waals surface area (Å²) in [7, 11) is 2.14. The Labute approximate surface area is 244 Å². The summed E-state index contributed by atoms with van der Waals surface area (Å²) in [6.45, 7) is 15.2. The number of carbonyl (C=O) groups excluding carboxylic acids is 1. The van der Waals surface area contributed by atoms with Crippen molar-refractivity contribution < 1.29 is 9.53 Å². The number of anilines is 1. The Morgan fingerprint density at radius 1 is 1.15 bits per heavy atom. The van der Waals surface area contributed by atoms with Crippen LogP contribution in [0.3, 0.4) is 0 Å². The number of ether oxygens (including phenoxy) is 1. The lowest BCUT2D eigenvalue weighted by molar-refractivity contribution is -0.128. The molecular formula is C32H43N7O2. The van der Waals surface area contributed by atoms with Crippen LogP contribution in [0.4, 0.5) is 5.82 Å². The predicted octanol–water partition coefficient (Wildman–Crippen LogP) is 4.27. The van der Waals surface area contributed by atoms with Crippen molar-refractivity contribution in [1.29, 1.82) is 5.26 Å². The van der Waals surface area contributed by atoms with Gasteiger partial charge in [-0.25, -0.2) is 0 Å².